The molecule has 6 heteroatoms. The van der Waals surface area contributed by atoms with Gasteiger partial charge in [-0.2, -0.15) is 4.89 Å². The van der Waals surface area contributed by atoms with E-state index >= 15 is 0 Å². The van der Waals surface area contributed by atoms with E-state index in [9.17, 15) is 0 Å². The summed E-state index contributed by atoms with van der Waals surface area (Å²) in [5.74, 6) is 2.23. The lowest BCUT2D eigenvalue weighted by Crippen LogP contribution is -2.18. The average molecular weight is 164 g/mol. The number of terminal acetylenes is 1. The van der Waals surface area contributed by atoms with Gasteiger partial charge in [-0.3, -0.25) is 0 Å². The molecule has 1 unspecified atom stereocenters. The largest absolute Gasteiger partial charge is 0.221 e. The number of rotatable bonds is 6. The van der Waals surface area contributed by atoms with Crippen molar-refractivity contribution in [1.82, 2.24) is 0 Å². The first-order valence-corrected chi connectivity index (χ1v) is 2.68. The number of hydrogen-bond acceptors (Lipinski definition) is 6. The zero-order valence-electron chi connectivity index (χ0n) is 5.60. The monoisotopic (exact) mass is 164 g/mol. The van der Waals surface area contributed by atoms with Gasteiger partial charge < -0.3 is 0 Å². The lowest BCUT2D eigenvalue weighted by atomic mass is 10.3. The Labute approximate surface area is 63.0 Å². The van der Waals surface area contributed by atoms with Crippen molar-refractivity contribution < 1.29 is 30.4 Å². The van der Waals surface area contributed by atoms with E-state index in [-0.39, 0.29) is 13.0 Å². The van der Waals surface area contributed by atoms with E-state index in [0.717, 1.165) is 0 Å². The summed E-state index contributed by atoms with van der Waals surface area (Å²) in [5.41, 5.74) is 0. The van der Waals surface area contributed by atoms with Crippen LogP contribution in [0.5, 0.6) is 0 Å². The highest BCUT2D eigenvalue weighted by molar-refractivity contribution is 4.86. The zero-order valence-corrected chi connectivity index (χ0v) is 5.60. The van der Waals surface area contributed by atoms with Crippen molar-refractivity contribution in [3.63, 3.8) is 0 Å². The molecule has 0 aromatic carbocycles. The van der Waals surface area contributed by atoms with Crippen LogP contribution in [0.15, 0.2) is 0 Å². The minimum Gasteiger partial charge on any atom is -0.221 e. The molecule has 0 aliphatic heterocycles. The molecule has 0 heterocycles. The van der Waals surface area contributed by atoms with Crippen molar-refractivity contribution in [2.24, 2.45) is 0 Å². The fourth-order valence-corrected chi connectivity index (χ4v) is 0.419. The van der Waals surface area contributed by atoms with Crippen LogP contribution < -0.4 is 0 Å². The maximum Gasteiger partial charge on any atom is 0.133 e. The minimum absolute atomic E-state index is 0.152. The van der Waals surface area contributed by atoms with Gasteiger partial charge >= 0.3 is 0 Å². The predicted molar refractivity (Wildman–Crippen MR) is 31.7 cm³/mol. The average Bonchev–Trinajstić information content (AvgIpc) is 2.01. The van der Waals surface area contributed by atoms with Crippen LogP contribution in [0.4, 0.5) is 0 Å². The highest BCUT2D eigenvalue weighted by atomic mass is 17.5. The topological polar surface area (TPSA) is 77.4 Å². The van der Waals surface area contributed by atoms with Gasteiger partial charge in [0.05, 0.1) is 0 Å². The summed E-state index contributed by atoms with van der Waals surface area (Å²) >= 11 is 0. The molecular formula is C5H8O6. The van der Waals surface area contributed by atoms with E-state index in [2.05, 4.69) is 25.8 Å². The maximum atomic E-state index is 7.81. The van der Waals surface area contributed by atoms with Crippen LogP contribution in [0.25, 0.3) is 0 Å². The molecule has 0 saturated heterocycles. The van der Waals surface area contributed by atoms with E-state index in [1.165, 1.54) is 0 Å². The minimum atomic E-state index is -0.683. The fraction of sp³-hybridized carbons (Fsp3) is 0.600. The first-order chi connectivity index (χ1) is 5.35. The molecule has 0 rings (SSSR count). The van der Waals surface area contributed by atoms with Crippen LogP contribution in [0.1, 0.15) is 6.42 Å². The van der Waals surface area contributed by atoms with E-state index in [0.29, 0.717) is 0 Å². The number of hydrogen-bond donors (Lipinski definition) is 2. The van der Waals surface area contributed by atoms with E-state index in [1.54, 1.807) is 0 Å². The molecule has 64 valence electrons. The summed E-state index contributed by atoms with van der Waals surface area (Å²) in [6, 6.07) is 0. The quantitative estimate of drug-likeness (QED) is 0.332. The fourth-order valence-electron chi connectivity index (χ4n) is 0.419. The molecule has 0 saturated carbocycles. The van der Waals surface area contributed by atoms with Crippen LogP contribution in [0.3, 0.4) is 0 Å². The summed E-state index contributed by atoms with van der Waals surface area (Å²) in [4.78, 5) is 8.23. The first-order valence-electron chi connectivity index (χ1n) is 2.68. The summed E-state index contributed by atoms with van der Waals surface area (Å²) in [6.07, 6.45) is 4.38. The van der Waals surface area contributed by atoms with Gasteiger partial charge in [-0.1, -0.05) is 10.1 Å². The molecule has 0 radical (unpaired) electrons. The molecule has 11 heavy (non-hydrogen) atoms. The molecule has 0 aromatic heterocycles. The Hall–Kier alpha value is -0.680. The summed E-state index contributed by atoms with van der Waals surface area (Å²) in [6.45, 7) is -0.152. The van der Waals surface area contributed by atoms with Gasteiger partial charge in [0, 0.05) is 6.42 Å². The predicted octanol–water partition coefficient (Wildman–Crippen LogP) is 0.221. The molecule has 0 aliphatic rings. The zero-order chi connectivity index (χ0) is 8.53. The van der Waals surface area contributed by atoms with Crippen molar-refractivity contribution in [3.8, 4) is 12.3 Å². The first kappa shape index (κ1) is 10.3. The lowest BCUT2D eigenvalue weighted by Gasteiger charge is -2.08. The normalized spacial score (nSPS) is 12.5. The van der Waals surface area contributed by atoms with Crippen LogP contribution in [-0.4, -0.2) is 23.2 Å². The Bertz CT molecular complexity index is 119. The Balaban J connectivity index is 3.44. The van der Waals surface area contributed by atoms with E-state index < -0.39 is 6.10 Å². The second-order valence-electron chi connectivity index (χ2n) is 1.56. The van der Waals surface area contributed by atoms with Crippen molar-refractivity contribution in [2.45, 2.75) is 12.5 Å². The van der Waals surface area contributed by atoms with Gasteiger partial charge in [-0.15, -0.1) is 12.3 Å². The summed E-state index contributed by atoms with van der Waals surface area (Å²) in [5, 5.41) is 22.2. The summed E-state index contributed by atoms with van der Waals surface area (Å²) < 4.78 is 0. The Morgan fingerprint density at radius 2 is 2.09 bits per heavy atom. The second-order valence-corrected chi connectivity index (χ2v) is 1.56. The third-order valence-electron chi connectivity index (χ3n) is 0.831. The molecule has 0 aliphatic carbocycles. The van der Waals surface area contributed by atoms with Crippen LogP contribution in [0, 0.1) is 12.3 Å². The third kappa shape index (κ3) is 5.75. The lowest BCUT2D eigenvalue weighted by molar-refractivity contribution is -0.532. The molecule has 0 spiro atoms. The van der Waals surface area contributed by atoms with E-state index in [1.807, 2.05) is 0 Å². The van der Waals surface area contributed by atoms with Crippen LogP contribution >= 0.6 is 0 Å². The van der Waals surface area contributed by atoms with Crippen LogP contribution in [0.2, 0.25) is 0 Å². The molecule has 0 aromatic rings. The molecule has 0 amide bonds. The Morgan fingerprint density at radius 1 is 1.36 bits per heavy atom. The molecule has 0 bridgehead atoms. The van der Waals surface area contributed by atoms with Gasteiger partial charge in [0.2, 0.25) is 0 Å². The van der Waals surface area contributed by atoms with Gasteiger partial charge in [0.1, 0.15) is 12.7 Å². The van der Waals surface area contributed by atoms with Gasteiger partial charge in [0.25, 0.3) is 0 Å². The molecule has 2 N–H and O–H groups in total. The Morgan fingerprint density at radius 3 is 2.55 bits per heavy atom. The molecule has 0 fully saturated rings. The molecule has 1 atom stereocenters. The summed E-state index contributed by atoms with van der Waals surface area (Å²) in [7, 11) is 0. The van der Waals surface area contributed by atoms with Gasteiger partial charge in [-0.25, -0.2) is 15.4 Å². The molecular weight excluding hydrogens is 156 g/mol. The smallest absolute Gasteiger partial charge is 0.133 e. The SMILES string of the molecule is C#CCC(COOO)OOO. The van der Waals surface area contributed by atoms with E-state index in [4.69, 9.17) is 16.9 Å². The van der Waals surface area contributed by atoms with Crippen molar-refractivity contribution in [2.75, 3.05) is 6.61 Å². The highest BCUT2D eigenvalue weighted by Crippen LogP contribution is 1.98. The van der Waals surface area contributed by atoms with Gasteiger partial charge in [0.15, 0.2) is 0 Å². The maximum absolute atomic E-state index is 7.81. The van der Waals surface area contributed by atoms with Crippen molar-refractivity contribution >= 4 is 0 Å². The standard InChI is InChI=1S/C5H8O6/c1-2-3-5(9-11-7)4-8-10-6/h1,5-7H,3-4H2. The van der Waals surface area contributed by atoms with Crippen molar-refractivity contribution in [3.05, 3.63) is 0 Å². The third-order valence-corrected chi connectivity index (χ3v) is 0.831. The van der Waals surface area contributed by atoms with Crippen molar-refractivity contribution in [1.29, 1.82) is 0 Å². The highest BCUT2D eigenvalue weighted by Gasteiger charge is 2.09. The Kier molecular flexibility index (Phi) is 6.97. The van der Waals surface area contributed by atoms with Crippen LogP contribution in [-0.2, 0) is 19.9 Å². The van der Waals surface area contributed by atoms with Gasteiger partial charge in [-0.05, 0) is 0 Å². The molecule has 6 nitrogen and oxygen atoms in total. The second kappa shape index (κ2) is 7.43.